The first-order valence-electron chi connectivity index (χ1n) is 7.52. The molecule has 0 spiro atoms. The second kappa shape index (κ2) is 6.08. The molecule has 2 heterocycles. The van der Waals surface area contributed by atoms with Gasteiger partial charge in [-0.25, -0.2) is 13.4 Å². The van der Waals surface area contributed by atoms with Crippen LogP contribution in [-0.2, 0) is 21.8 Å². The molecule has 0 aliphatic carbocycles. The van der Waals surface area contributed by atoms with Crippen LogP contribution >= 0.6 is 0 Å². The summed E-state index contributed by atoms with van der Waals surface area (Å²) in [6, 6.07) is 0. The minimum Gasteiger partial charge on any atom is -0.447 e. The van der Waals surface area contributed by atoms with Crippen LogP contribution in [-0.4, -0.2) is 42.9 Å². The predicted molar refractivity (Wildman–Crippen MR) is 83.0 cm³/mol. The molecule has 1 aliphatic rings. The molecule has 21 heavy (non-hydrogen) atoms. The molecule has 0 amide bonds. The fourth-order valence-electron chi connectivity index (χ4n) is 2.63. The number of likely N-dealkylation sites (tertiary alicyclic amines) is 1. The molecular formula is C15H26N2O3S. The molecule has 0 aromatic carbocycles. The van der Waals surface area contributed by atoms with Crippen LogP contribution in [0.5, 0.6) is 0 Å². The van der Waals surface area contributed by atoms with E-state index in [1.54, 1.807) is 6.26 Å². The van der Waals surface area contributed by atoms with Gasteiger partial charge in [-0.2, -0.15) is 0 Å². The largest absolute Gasteiger partial charge is 0.447 e. The summed E-state index contributed by atoms with van der Waals surface area (Å²) in [5, 5.41) is -0.197. The smallest absolute Gasteiger partial charge is 0.208 e. The molecule has 1 aromatic heterocycles. The van der Waals surface area contributed by atoms with E-state index in [4.69, 9.17) is 4.42 Å². The van der Waals surface area contributed by atoms with Gasteiger partial charge in [-0.15, -0.1) is 0 Å². The SMILES string of the molecule is CC(C)(C)c1coc(CN2CCCC(S(C)(=O)=O)CC2)n1. The second-order valence-corrected chi connectivity index (χ2v) is 9.36. The van der Waals surface area contributed by atoms with Gasteiger partial charge in [0, 0.05) is 11.7 Å². The molecule has 1 aliphatic heterocycles. The van der Waals surface area contributed by atoms with E-state index in [-0.39, 0.29) is 10.7 Å². The van der Waals surface area contributed by atoms with Crippen molar-refractivity contribution in [2.45, 2.75) is 57.2 Å². The monoisotopic (exact) mass is 314 g/mol. The van der Waals surface area contributed by atoms with Crippen molar-refractivity contribution in [2.75, 3.05) is 19.3 Å². The topological polar surface area (TPSA) is 63.4 Å². The number of hydrogen-bond donors (Lipinski definition) is 0. The highest BCUT2D eigenvalue weighted by atomic mass is 32.2. The van der Waals surface area contributed by atoms with Crippen LogP contribution in [0.3, 0.4) is 0 Å². The lowest BCUT2D eigenvalue weighted by Gasteiger charge is -2.18. The van der Waals surface area contributed by atoms with Gasteiger partial charge in [-0.1, -0.05) is 20.8 Å². The Balaban J connectivity index is 1.96. The number of sulfone groups is 1. The average molecular weight is 314 g/mol. The molecule has 120 valence electrons. The Morgan fingerprint density at radius 3 is 2.62 bits per heavy atom. The third-order valence-electron chi connectivity index (χ3n) is 4.05. The fraction of sp³-hybridized carbons (Fsp3) is 0.800. The highest BCUT2D eigenvalue weighted by Crippen LogP contribution is 2.23. The van der Waals surface area contributed by atoms with E-state index in [2.05, 4.69) is 30.7 Å². The van der Waals surface area contributed by atoms with Crippen LogP contribution in [0, 0.1) is 0 Å². The average Bonchev–Trinajstić information content (AvgIpc) is 2.66. The summed E-state index contributed by atoms with van der Waals surface area (Å²) in [6.07, 6.45) is 5.44. The van der Waals surface area contributed by atoms with Crippen molar-refractivity contribution in [2.24, 2.45) is 0 Å². The molecular weight excluding hydrogens is 288 g/mol. The van der Waals surface area contributed by atoms with E-state index < -0.39 is 9.84 Å². The van der Waals surface area contributed by atoms with E-state index >= 15 is 0 Å². The molecule has 1 fully saturated rings. The third-order valence-corrected chi connectivity index (χ3v) is 5.73. The first-order valence-corrected chi connectivity index (χ1v) is 9.48. The standard InChI is InChI=1S/C15H26N2O3S/c1-15(2,3)13-11-20-14(16-13)10-17-8-5-6-12(7-9-17)21(4,18)19/h11-12H,5-10H2,1-4H3. The van der Waals surface area contributed by atoms with Crippen LogP contribution in [0.1, 0.15) is 51.6 Å². The van der Waals surface area contributed by atoms with Crippen molar-refractivity contribution in [3.05, 3.63) is 17.8 Å². The van der Waals surface area contributed by atoms with Gasteiger partial charge in [0.1, 0.15) is 16.1 Å². The summed E-state index contributed by atoms with van der Waals surface area (Å²) in [7, 11) is -2.93. The molecule has 6 heteroatoms. The first-order chi connectivity index (χ1) is 9.66. The molecule has 1 saturated heterocycles. The molecule has 0 N–H and O–H groups in total. The Morgan fingerprint density at radius 1 is 1.33 bits per heavy atom. The zero-order chi connectivity index (χ0) is 15.7. The molecule has 0 radical (unpaired) electrons. The normalized spacial score (nSPS) is 22.2. The number of rotatable bonds is 3. The Bertz CT molecular complexity index is 572. The molecule has 5 nitrogen and oxygen atoms in total. The van der Waals surface area contributed by atoms with Crippen LogP contribution in [0.25, 0.3) is 0 Å². The van der Waals surface area contributed by atoms with Crippen LogP contribution in [0.4, 0.5) is 0 Å². The lowest BCUT2D eigenvalue weighted by Crippen LogP contribution is -2.26. The summed E-state index contributed by atoms with van der Waals surface area (Å²) in [5.74, 6) is 0.720. The molecule has 1 unspecified atom stereocenters. The van der Waals surface area contributed by atoms with Gasteiger partial charge < -0.3 is 4.42 Å². The zero-order valence-corrected chi connectivity index (χ0v) is 14.2. The predicted octanol–water partition coefficient (Wildman–Crippen LogP) is 2.37. The first kappa shape index (κ1) is 16.5. The fourth-order valence-corrected chi connectivity index (χ4v) is 3.76. The van der Waals surface area contributed by atoms with Crippen molar-refractivity contribution in [1.29, 1.82) is 0 Å². The van der Waals surface area contributed by atoms with Gasteiger partial charge in [-0.05, 0) is 32.4 Å². The van der Waals surface area contributed by atoms with E-state index in [1.807, 2.05) is 0 Å². The van der Waals surface area contributed by atoms with E-state index in [9.17, 15) is 8.42 Å². The Hall–Kier alpha value is -0.880. The summed E-state index contributed by atoms with van der Waals surface area (Å²) < 4.78 is 28.9. The van der Waals surface area contributed by atoms with Crippen LogP contribution in [0.2, 0.25) is 0 Å². The van der Waals surface area contributed by atoms with Gasteiger partial charge in [0.15, 0.2) is 0 Å². The van der Waals surface area contributed by atoms with E-state index in [0.29, 0.717) is 13.0 Å². The van der Waals surface area contributed by atoms with Crippen molar-refractivity contribution in [3.8, 4) is 0 Å². The number of aromatic nitrogens is 1. The van der Waals surface area contributed by atoms with Crippen molar-refractivity contribution in [1.82, 2.24) is 9.88 Å². The molecule has 0 saturated carbocycles. The summed E-state index contributed by atoms with van der Waals surface area (Å²) >= 11 is 0. The van der Waals surface area contributed by atoms with Crippen molar-refractivity contribution in [3.63, 3.8) is 0 Å². The van der Waals surface area contributed by atoms with Crippen molar-refractivity contribution < 1.29 is 12.8 Å². The number of hydrogen-bond acceptors (Lipinski definition) is 5. The van der Waals surface area contributed by atoms with Gasteiger partial charge in [0.25, 0.3) is 0 Å². The maximum atomic E-state index is 11.7. The highest BCUT2D eigenvalue weighted by molar-refractivity contribution is 7.91. The van der Waals surface area contributed by atoms with E-state index in [1.165, 1.54) is 6.26 Å². The lowest BCUT2D eigenvalue weighted by molar-refractivity contribution is 0.248. The van der Waals surface area contributed by atoms with Crippen LogP contribution in [0.15, 0.2) is 10.7 Å². The molecule has 2 rings (SSSR count). The van der Waals surface area contributed by atoms with Gasteiger partial charge in [0.2, 0.25) is 5.89 Å². The van der Waals surface area contributed by atoms with Gasteiger partial charge in [0.05, 0.1) is 17.5 Å². The summed E-state index contributed by atoms with van der Waals surface area (Å²) in [4.78, 5) is 6.79. The van der Waals surface area contributed by atoms with Crippen molar-refractivity contribution >= 4 is 9.84 Å². The second-order valence-electron chi connectivity index (χ2n) is 7.04. The maximum Gasteiger partial charge on any atom is 0.208 e. The minimum atomic E-state index is -2.93. The maximum absolute atomic E-state index is 11.7. The third kappa shape index (κ3) is 4.54. The Labute approximate surface area is 127 Å². The highest BCUT2D eigenvalue weighted by Gasteiger charge is 2.25. The van der Waals surface area contributed by atoms with Gasteiger partial charge in [-0.3, -0.25) is 4.90 Å². The summed E-state index contributed by atoms with van der Waals surface area (Å²) in [6.45, 7) is 8.67. The summed E-state index contributed by atoms with van der Waals surface area (Å²) in [5.41, 5.74) is 0.948. The van der Waals surface area contributed by atoms with Crippen LogP contribution < -0.4 is 0 Å². The number of oxazole rings is 1. The van der Waals surface area contributed by atoms with E-state index in [0.717, 1.165) is 37.5 Å². The molecule has 1 atom stereocenters. The Kier molecular flexibility index (Phi) is 4.78. The quantitative estimate of drug-likeness (QED) is 0.857. The van der Waals surface area contributed by atoms with Gasteiger partial charge >= 0.3 is 0 Å². The molecule has 1 aromatic rings. The zero-order valence-electron chi connectivity index (χ0n) is 13.4. The Morgan fingerprint density at radius 2 is 2.05 bits per heavy atom. The lowest BCUT2D eigenvalue weighted by atomic mass is 9.93. The molecule has 0 bridgehead atoms. The minimum absolute atomic E-state index is 0.0120. The number of nitrogens with zero attached hydrogens (tertiary/aromatic N) is 2.